The number of aromatic nitrogens is 1. The lowest BCUT2D eigenvalue weighted by Crippen LogP contribution is -2.49. The maximum absolute atomic E-state index is 11.7. The first-order valence-corrected chi connectivity index (χ1v) is 12.2. The second-order valence-corrected chi connectivity index (χ2v) is 9.61. The van der Waals surface area contributed by atoms with Crippen molar-refractivity contribution in [3.05, 3.63) is 23.9 Å². The lowest BCUT2D eigenvalue weighted by Gasteiger charge is -2.33. The highest BCUT2D eigenvalue weighted by Gasteiger charge is 2.21. The molecular weight excluding hydrogens is 402 g/mol. The fraction of sp³-hybridized carbons (Fsp3) is 0.720. The summed E-state index contributed by atoms with van der Waals surface area (Å²) in [6.07, 6.45) is 8.61. The minimum atomic E-state index is -0.393. The van der Waals surface area contributed by atoms with Crippen LogP contribution in [0.3, 0.4) is 0 Å². The number of carbonyl (C=O) groups excluding carboxylic acids is 1. The van der Waals surface area contributed by atoms with Gasteiger partial charge in [-0.1, -0.05) is 18.9 Å². The third-order valence-electron chi connectivity index (χ3n) is 5.38. The highest BCUT2D eigenvalue weighted by molar-refractivity contribution is 5.80. The second-order valence-electron chi connectivity index (χ2n) is 9.61. The van der Waals surface area contributed by atoms with Crippen molar-refractivity contribution in [1.29, 1.82) is 0 Å². The van der Waals surface area contributed by atoms with Gasteiger partial charge in [0, 0.05) is 44.8 Å². The molecule has 7 nitrogen and oxygen atoms in total. The quantitative estimate of drug-likeness (QED) is 0.243. The highest BCUT2D eigenvalue weighted by Crippen LogP contribution is 2.18. The van der Waals surface area contributed by atoms with E-state index in [9.17, 15) is 4.79 Å². The summed E-state index contributed by atoms with van der Waals surface area (Å²) in [4.78, 5) is 23.4. The number of guanidine groups is 1. The molecule has 1 aromatic heterocycles. The van der Waals surface area contributed by atoms with Crippen LogP contribution >= 0.6 is 0 Å². The van der Waals surface area contributed by atoms with Gasteiger partial charge in [-0.2, -0.15) is 0 Å². The Morgan fingerprint density at radius 2 is 1.91 bits per heavy atom. The van der Waals surface area contributed by atoms with E-state index < -0.39 is 5.60 Å². The van der Waals surface area contributed by atoms with Crippen LogP contribution in [0.25, 0.3) is 0 Å². The molecule has 2 N–H and O–H groups in total. The minimum absolute atomic E-state index is 0.0987. The zero-order valence-corrected chi connectivity index (χ0v) is 20.7. The molecule has 0 radical (unpaired) electrons. The van der Waals surface area contributed by atoms with E-state index in [1.807, 2.05) is 27.0 Å². The Hall–Kier alpha value is -2.31. The number of esters is 1. The lowest BCUT2D eigenvalue weighted by atomic mass is 10.1. The van der Waals surface area contributed by atoms with E-state index in [1.54, 1.807) is 0 Å². The molecule has 32 heavy (non-hydrogen) atoms. The Kier molecular flexibility index (Phi) is 10.8. The molecule has 1 saturated heterocycles. The van der Waals surface area contributed by atoms with Gasteiger partial charge in [0.05, 0.1) is 0 Å². The van der Waals surface area contributed by atoms with E-state index >= 15 is 0 Å². The number of piperidine rings is 1. The molecular formula is C25H43N5O2. The summed E-state index contributed by atoms with van der Waals surface area (Å²) in [7, 11) is 0. The lowest BCUT2D eigenvalue weighted by molar-refractivity contribution is -0.154. The Bertz CT molecular complexity index is 704. The third kappa shape index (κ3) is 10.3. The Morgan fingerprint density at radius 1 is 1.19 bits per heavy atom. The van der Waals surface area contributed by atoms with Gasteiger partial charge in [0.2, 0.25) is 0 Å². The number of nitrogens with one attached hydrogen (secondary N) is 2. The van der Waals surface area contributed by atoms with E-state index in [4.69, 9.17) is 9.73 Å². The number of carbonyl (C=O) groups is 1. The standard InChI is InChI=1S/C25H43N5O2/c1-6-26-24(27-16-10-8-7-9-11-23(31)32-25(3,4)5)29-21-14-17-30(18-15-21)22-13-12-20(2)19-28-22/h12-13,19,21H,6-11,14-18H2,1-5H3,(H2,26,27,29). The number of ether oxygens (including phenoxy) is 1. The molecule has 7 heteroatoms. The molecule has 2 rings (SSSR count). The molecule has 1 aromatic rings. The summed E-state index contributed by atoms with van der Waals surface area (Å²) in [6, 6.07) is 4.67. The molecule has 0 aliphatic carbocycles. The Morgan fingerprint density at radius 3 is 2.53 bits per heavy atom. The van der Waals surface area contributed by atoms with E-state index in [0.717, 1.165) is 76.5 Å². The Balaban J connectivity index is 1.64. The SMILES string of the molecule is CCNC(=NCCCCCCC(=O)OC(C)(C)C)NC1CCN(c2ccc(C)cn2)CC1. The van der Waals surface area contributed by atoms with E-state index in [0.29, 0.717) is 12.5 Å². The van der Waals surface area contributed by atoms with Crippen molar-refractivity contribution in [2.75, 3.05) is 31.1 Å². The molecule has 0 unspecified atom stereocenters. The van der Waals surface area contributed by atoms with Crippen LogP contribution in [0.2, 0.25) is 0 Å². The number of aliphatic imine (C=N–C) groups is 1. The van der Waals surface area contributed by atoms with Gasteiger partial charge in [0.25, 0.3) is 0 Å². The summed E-state index contributed by atoms with van der Waals surface area (Å²) in [5, 5.41) is 6.98. The van der Waals surface area contributed by atoms with E-state index in [-0.39, 0.29) is 5.97 Å². The van der Waals surface area contributed by atoms with Crippen LogP contribution in [0.1, 0.15) is 78.2 Å². The average Bonchev–Trinajstić information content (AvgIpc) is 2.73. The summed E-state index contributed by atoms with van der Waals surface area (Å²) in [5.41, 5.74) is 0.801. The van der Waals surface area contributed by atoms with Crippen LogP contribution in [0, 0.1) is 6.92 Å². The van der Waals surface area contributed by atoms with E-state index in [2.05, 4.69) is 46.5 Å². The first kappa shape index (κ1) is 25.9. The highest BCUT2D eigenvalue weighted by atomic mass is 16.6. The molecule has 1 aliphatic heterocycles. The summed E-state index contributed by atoms with van der Waals surface area (Å²) >= 11 is 0. The molecule has 0 spiro atoms. The Labute approximate surface area is 194 Å². The molecule has 0 amide bonds. The predicted molar refractivity (Wildman–Crippen MR) is 132 cm³/mol. The van der Waals surface area contributed by atoms with Gasteiger partial charge in [0.1, 0.15) is 11.4 Å². The van der Waals surface area contributed by atoms with Crippen LogP contribution in [0.4, 0.5) is 5.82 Å². The van der Waals surface area contributed by atoms with Crippen LogP contribution in [-0.4, -0.2) is 54.7 Å². The second kappa shape index (κ2) is 13.3. The fourth-order valence-electron chi connectivity index (χ4n) is 3.73. The summed E-state index contributed by atoms with van der Waals surface area (Å²) in [6.45, 7) is 13.5. The van der Waals surface area contributed by atoms with E-state index in [1.165, 1.54) is 5.56 Å². The van der Waals surface area contributed by atoms with Crippen molar-refractivity contribution >= 4 is 17.7 Å². The normalized spacial score (nSPS) is 15.5. The van der Waals surface area contributed by atoms with Gasteiger partial charge in [-0.25, -0.2) is 4.98 Å². The van der Waals surface area contributed by atoms with Crippen molar-refractivity contribution in [2.45, 2.75) is 91.2 Å². The van der Waals surface area contributed by atoms with Crippen LogP contribution in [-0.2, 0) is 9.53 Å². The number of aryl methyl sites for hydroxylation is 1. The van der Waals surface area contributed by atoms with Gasteiger partial charge < -0.3 is 20.3 Å². The smallest absolute Gasteiger partial charge is 0.306 e. The molecule has 0 saturated carbocycles. The summed E-state index contributed by atoms with van der Waals surface area (Å²) in [5.74, 6) is 1.88. The van der Waals surface area contributed by atoms with Crippen molar-refractivity contribution in [3.8, 4) is 0 Å². The molecule has 0 bridgehead atoms. The fourth-order valence-corrected chi connectivity index (χ4v) is 3.73. The van der Waals surface area contributed by atoms with Crippen LogP contribution in [0.15, 0.2) is 23.3 Å². The topological polar surface area (TPSA) is 78.8 Å². The molecule has 1 fully saturated rings. The van der Waals surface area contributed by atoms with Crippen molar-refractivity contribution < 1.29 is 9.53 Å². The van der Waals surface area contributed by atoms with Gasteiger partial charge in [-0.3, -0.25) is 9.79 Å². The van der Waals surface area contributed by atoms with Gasteiger partial charge in [0.15, 0.2) is 5.96 Å². The molecule has 1 aliphatic rings. The third-order valence-corrected chi connectivity index (χ3v) is 5.38. The molecule has 0 aromatic carbocycles. The number of hydrogen-bond acceptors (Lipinski definition) is 5. The van der Waals surface area contributed by atoms with Crippen molar-refractivity contribution in [1.82, 2.24) is 15.6 Å². The first-order valence-electron chi connectivity index (χ1n) is 12.2. The first-order chi connectivity index (χ1) is 15.3. The monoisotopic (exact) mass is 445 g/mol. The minimum Gasteiger partial charge on any atom is -0.460 e. The maximum atomic E-state index is 11.7. The number of hydrogen-bond donors (Lipinski definition) is 2. The number of unbranched alkanes of at least 4 members (excludes halogenated alkanes) is 3. The zero-order chi connectivity index (χ0) is 23.4. The van der Waals surface area contributed by atoms with Crippen molar-refractivity contribution in [3.63, 3.8) is 0 Å². The zero-order valence-electron chi connectivity index (χ0n) is 20.7. The number of nitrogens with zero attached hydrogens (tertiary/aromatic N) is 3. The summed E-state index contributed by atoms with van der Waals surface area (Å²) < 4.78 is 5.35. The van der Waals surface area contributed by atoms with Gasteiger partial charge in [-0.15, -0.1) is 0 Å². The number of rotatable bonds is 10. The largest absolute Gasteiger partial charge is 0.460 e. The van der Waals surface area contributed by atoms with Gasteiger partial charge >= 0.3 is 5.97 Å². The number of pyridine rings is 1. The maximum Gasteiger partial charge on any atom is 0.306 e. The molecule has 2 heterocycles. The predicted octanol–water partition coefficient (Wildman–Crippen LogP) is 4.21. The average molecular weight is 446 g/mol. The van der Waals surface area contributed by atoms with Crippen LogP contribution in [0.5, 0.6) is 0 Å². The molecule has 180 valence electrons. The van der Waals surface area contributed by atoms with Gasteiger partial charge in [-0.05, 0) is 71.9 Å². The molecule has 0 atom stereocenters. The number of anilines is 1. The van der Waals surface area contributed by atoms with Crippen molar-refractivity contribution in [2.24, 2.45) is 4.99 Å². The van der Waals surface area contributed by atoms with Crippen LogP contribution < -0.4 is 15.5 Å².